The molecule has 1 saturated carbocycles. The molecule has 0 spiro atoms. The number of hydrogen-bond acceptors (Lipinski definition) is 4. The van der Waals surface area contributed by atoms with E-state index in [9.17, 15) is 4.79 Å². The number of benzene rings is 1. The maximum Gasteiger partial charge on any atom is 0.165 e. The Labute approximate surface area is 113 Å². The lowest BCUT2D eigenvalue weighted by Gasteiger charge is -2.07. The second-order valence-corrected chi connectivity index (χ2v) is 4.62. The molecule has 0 saturated heterocycles. The topological polar surface area (TPSA) is 44.8 Å². The number of Topliss-reactive ketones (excluding diaryl/α,β-unsaturated/α-hetero) is 1. The first-order chi connectivity index (χ1) is 9.29. The van der Waals surface area contributed by atoms with Gasteiger partial charge in [0, 0.05) is 19.1 Å². The van der Waals surface area contributed by atoms with Crippen molar-refractivity contribution in [2.75, 3.05) is 26.9 Å². The third-order valence-corrected chi connectivity index (χ3v) is 2.89. The number of ether oxygens (including phenoxy) is 3. The Bertz CT molecular complexity index is 412. The van der Waals surface area contributed by atoms with Crippen molar-refractivity contribution in [3.05, 3.63) is 29.8 Å². The van der Waals surface area contributed by atoms with Crippen molar-refractivity contribution in [1.82, 2.24) is 0 Å². The smallest absolute Gasteiger partial charge is 0.165 e. The molecule has 0 unspecified atom stereocenters. The van der Waals surface area contributed by atoms with Crippen molar-refractivity contribution in [2.45, 2.75) is 25.4 Å². The van der Waals surface area contributed by atoms with Crippen LogP contribution in [0.25, 0.3) is 0 Å². The number of carbonyl (C=O) groups excluding carboxylic acids is 1. The van der Waals surface area contributed by atoms with Gasteiger partial charge in [-0.2, -0.15) is 0 Å². The molecule has 0 atom stereocenters. The molecule has 0 bridgehead atoms. The first-order valence-electron chi connectivity index (χ1n) is 6.66. The van der Waals surface area contributed by atoms with E-state index in [1.807, 2.05) is 24.3 Å². The average Bonchev–Trinajstić information content (AvgIpc) is 3.22. The minimum Gasteiger partial charge on any atom is -0.490 e. The summed E-state index contributed by atoms with van der Waals surface area (Å²) in [4.78, 5) is 12.0. The van der Waals surface area contributed by atoms with Gasteiger partial charge in [-0.05, 0) is 25.0 Å². The van der Waals surface area contributed by atoms with E-state index in [0.29, 0.717) is 37.9 Å². The van der Waals surface area contributed by atoms with Crippen LogP contribution in [0.3, 0.4) is 0 Å². The van der Waals surface area contributed by atoms with Crippen molar-refractivity contribution < 1.29 is 19.0 Å². The van der Waals surface area contributed by atoms with Crippen molar-refractivity contribution in [3.63, 3.8) is 0 Å². The summed E-state index contributed by atoms with van der Waals surface area (Å²) in [5.74, 6) is 0.868. The van der Waals surface area contributed by atoms with Crippen molar-refractivity contribution in [3.8, 4) is 5.75 Å². The molecule has 1 aliphatic rings. The van der Waals surface area contributed by atoms with Crippen LogP contribution in [0.4, 0.5) is 0 Å². The first-order valence-corrected chi connectivity index (χ1v) is 6.66. The molecule has 4 nitrogen and oxygen atoms in total. The Morgan fingerprint density at radius 1 is 1.26 bits per heavy atom. The van der Waals surface area contributed by atoms with Gasteiger partial charge in [0.15, 0.2) is 5.78 Å². The fourth-order valence-corrected chi connectivity index (χ4v) is 1.67. The molecular weight excluding hydrogens is 244 g/mol. The van der Waals surface area contributed by atoms with Gasteiger partial charge >= 0.3 is 0 Å². The standard InChI is InChI=1S/C15H20O4/c1-17-9-10-18-8-7-15(16)12-3-2-4-14(11-12)19-13-5-6-13/h2-4,11,13H,5-10H2,1H3. The molecule has 0 aromatic heterocycles. The zero-order valence-electron chi connectivity index (χ0n) is 11.3. The molecule has 0 heterocycles. The molecule has 0 N–H and O–H groups in total. The molecule has 1 aromatic carbocycles. The second kappa shape index (κ2) is 7.26. The highest BCUT2D eigenvalue weighted by Crippen LogP contribution is 2.27. The molecule has 4 heteroatoms. The number of hydrogen-bond donors (Lipinski definition) is 0. The number of rotatable bonds is 9. The Balaban J connectivity index is 1.77. The minimum absolute atomic E-state index is 0.0821. The summed E-state index contributed by atoms with van der Waals surface area (Å²) >= 11 is 0. The maximum absolute atomic E-state index is 12.0. The summed E-state index contributed by atoms with van der Waals surface area (Å²) in [6, 6.07) is 7.38. The van der Waals surface area contributed by atoms with E-state index in [2.05, 4.69) is 0 Å². The lowest BCUT2D eigenvalue weighted by atomic mass is 10.1. The Hall–Kier alpha value is -1.39. The van der Waals surface area contributed by atoms with Gasteiger partial charge in [0.2, 0.25) is 0 Å². The normalized spacial score (nSPS) is 14.4. The summed E-state index contributed by atoms with van der Waals surface area (Å²) in [5, 5.41) is 0. The highest BCUT2D eigenvalue weighted by atomic mass is 16.5. The number of carbonyl (C=O) groups is 1. The second-order valence-electron chi connectivity index (χ2n) is 4.62. The third kappa shape index (κ3) is 5.01. The molecule has 1 aromatic rings. The van der Waals surface area contributed by atoms with E-state index in [-0.39, 0.29) is 5.78 Å². The van der Waals surface area contributed by atoms with Gasteiger partial charge in [-0.3, -0.25) is 4.79 Å². The van der Waals surface area contributed by atoms with Gasteiger partial charge in [0.25, 0.3) is 0 Å². The predicted octanol–water partition coefficient (Wildman–Crippen LogP) is 2.46. The minimum atomic E-state index is 0.0821. The van der Waals surface area contributed by atoms with Crippen molar-refractivity contribution >= 4 is 5.78 Å². The number of methoxy groups -OCH3 is 1. The monoisotopic (exact) mass is 264 g/mol. The van der Waals surface area contributed by atoms with E-state index in [0.717, 1.165) is 18.6 Å². The van der Waals surface area contributed by atoms with Crippen LogP contribution in [0, 0.1) is 0 Å². The van der Waals surface area contributed by atoms with E-state index in [4.69, 9.17) is 14.2 Å². The van der Waals surface area contributed by atoms with Gasteiger partial charge in [-0.15, -0.1) is 0 Å². The Kier molecular flexibility index (Phi) is 5.36. The van der Waals surface area contributed by atoms with Crippen LogP contribution < -0.4 is 4.74 Å². The van der Waals surface area contributed by atoms with Crippen molar-refractivity contribution in [1.29, 1.82) is 0 Å². The third-order valence-electron chi connectivity index (χ3n) is 2.89. The molecule has 0 aliphatic heterocycles. The summed E-state index contributed by atoms with van der Waals surface area (Å²) in [5.41, 5.74) is 0.688. The van der Waals surface area contributed by atoms with Crippen LogP contribution in [-0.2, 0) is 9.47 Å². The van der Waals surface area contributed by atoms with Crippen LogP contribution in [-0.4, -0.2) is 38.8 Å². The molecule has 1 aliphatic carbocycles. The van der Waals surface area contributed by atoms with E-state index in [1.165, 1.54) is 0 Å². The van der Waals surface area contributed by atoms with Crippen LogP contribution in [0.1, 0.15) is 29.6 Å². The van der Waals surface area contributed by atoms with Crippen molar-refractivity contribution in [2.24, 2.45) is 0 Å². The van der Waals surface area contributed by atoms with E-state index < -0.39 is 0 Å². The largest absolute Gasteiger partial charge is 0.490 e. The lowest BCUT2D eigenvalue weighted by molar-refractivity contribution is 0.0641. The highest BCUT2D eigenvalue weighted by molar-refractivity contribution is 5.96. The summed E-state index contributed by atoms with van der Waals surface area (Å²) in [6.45, 7) is 1.50. The van der Waals surface area contributed by atoms with Crippen LogP contribution >= 0.6 is 0 Å². The van der Waals surface area contributed by atoms with Gasteiger partial charge < -0.3 is 14.2 Å². The molecule has 0 radical (unpaired) electrons. The Morgan fingerprint density at radius 3 is 2.84 bits per heavy atom. The molecule has 19 heavy (non-hydrogen) atoms. The fourth-order valence-electron chi connectivity index (χ4n) is 1.67. The average molecular weight is 264 g/mol. The fraction of sp³-hybridized carbons (Fsp3) is 0.533. The zero-order valence-corrected chi connectivity index (χ0v) is 11.3. The summed E-state index contributed by atoms with van der Waals surface area (Å²) in [7, 11) is 1.62. The van der Waals surface area contributed by atoms with Crippen LogP contribution in [0.15, 0.2) is 24.3 Å². The molecular formula is C15H20O4. The molecule has 1 fully saturated rings. The molecule has 2 rings (SSSR count). The van der Waals surface area contributed by atoms with E-state index >= 15 is 0 Å². The first kappa shape index (κ1) is 14.0. The maximum atomic E-state index is 12.0. The van der Waals surface area contributed by atoms with Crippen LogP contribution in [0.5, 0.6) is 5.75 Å². The number of ketones is 1. The molecule has 104 valence electrons. The van der Waals surface area contributed by atoms with Gasteiger partial charge in [0.05, 0.1) is 25.9 Å². The summed E-state index contributed by atoms with van der Waals surface area (Å²) in [6.07, 6.45) is 2.97. The quantitative estimate of drug-likeness (QED) is 0.507. The zero-order chi connectivity index (χ0) is 13.5. The Morgan fingerprint density at radius 2 is 2.11 bits per heavy atom. The lowest BCUT2D eigenvalue weighted by Crippen LogP contribution is -2.08. The SMILES string of the molecule is COCCOCCC(=O)c1cccc(OC2CC2)c1. The highest BCUT2D eigenvalue weighted by Gasteiger charge is 2.23. The molecule has 0 amide bonds. The van der Waals surface area contributed by atoms with Gasteiger partial charge in [-0.1, -0.05) is 12.1 Å². The van der Waals surface area contributed by atoms with Gasteiger partial charge in [0.1, 0.15) is 5.75 Å². The van der Waals surface area contributed by atoms with Crippen LogP contribution in [0.2, 0.25) is 0 Å². The van der Waals surface area contributed by atoms with Gasteiger partial charge in [-0.25, -0.2) is 0 Å². The predicted molar refractivity (Wildman–Crippen MR) is 71.7 cm³/mol. The summed E-state index contributed by atoms with van der Waals surface area (Å²) < 4.78 is 15.8. The van der Waals surface area contributed by atoms with E-state index in [1.54, 1.807) is 7.11 Å².